The van der Waals surface area contributed by atoms with Crippen LogP contribution in [0, 0.1) is 13.8 Å². The Kier molecular flexibility index (Phi) is 4.87. The van der Waals surface area contributed by atoms with Crippen LogP contribution in [-0.4, -0.2) is 31.2 Å². The Bertz CT molecular complexity index is 699. The zero-order valence-electron chi connectivity index (χ0n) is 14.2. The first-order chi connectivity index (χ1) is 11.5. The van der Waals surface area contributed by atoms with Crippen LogP contribution in [0.15, 0.2) is 24.3 Å². The molecule has 1 aliphatic rings. The summed E-state index contributed by atoms with van der Waals surface area (Å²) in [6.07, 6.45) is 1.32. The van der Waals surface area contributed by atoms with Crippen molar-refractivity contribution >= 4 is 22.4 Å². The van der Waals surface area contributed by atoms with Gasteiger partial charge in [0.05, 0.1) is 18.2 Å². The van der Waals surface area contributed by atoms with Crippen molar-refractivity contribution < 1.29 is 14.3 Å². The van der Waals surface area contributed by atoms with Gasteiger partial charge in [-0.1, -0.05) is 12.1 Å². The number of nitrogens with one attached hydrogen (secondary N) is 1. The average Bonchev–Trinajstić information content (AvgIpc) is 2.93. The number of thiazole rings is 1. The first-order valence-electron chi connectivity index (χ1n) is 8.03. The number of ether oxygens (including phenoxy) is 2. The van der Waals surface area contributed by atoms with E-state index in [1.165, 1.54) is 11.3 Å². The van der Waals surface area contributed by atoms with Crippen molar-refractivity contribution in [1.82, 2.24) is 4.98 Å². The van der Waals surface area contributed by atoms with Gasteiger partial charge < -0.3 is 14.8 Å². The maximum absolute atomic E-state index is 13.1. The van der Waals surface area contributed by atoms with Crippen LogP contribution in [-0.2, 0) is 14.9 Å². The Morgan fingerprint density at radius 1 is 1.25 bits per heavy atom. The molecule has 0 saturated carbocycles. The SMILES string of the molecule is COc1ccc(C2(C(=O)Nc3nc(C)c(C)s3)CCOCC2)cc1. The summed E-state index contributed by atoms with van der Waals surface area (Å²) >= 11 is 1.51. The molecule has 0 atom stereocenters. The number of benzene rings is 1. The molecule has 24 heavy (non-hydrogen) atoms. The highest BCUT2D eigenvalue weighted by Crippen LogP contribution is 2.37. The maximum atomic E-state index is 13.1. The summed E-state index contributed by atoms with van der Waals surface area (Å²) in [5, 5.41) is 3.68. The Hall–Kier alpha value is -1.92. The minimum Gasteiger partial charge on any atom is -0.497 e. The molecule has 6 heteroatoms. The van der Waals surface area contributed by atoms with Gasteiger partial charge in [0.15, 0.2) is 5.13 Å². The molecule has 0 spiro atoms. The van der Waals surface area contributed by atoms with E-state index in [-0.39, 0.29) is 5.91 Å². The van der Waals surface area contributed by atoms with Crippen molar-refractivity contribution in [3.8, 4) is 5.75 Å². The zero-order valence-corrected chi connectivity index (χ0v) is 15.0. The number of aromatic nitrogens is 1. The fourth-order valence-electron chi connectivity index (χ4n) is 3.02. The highest BCUT2D eigenvalue weighted by atomic mass is 32.1. The number of hydrogen-bond donors (Lipinski definition) is 1. The van der Waals surface area contributed by atoms with Gasteiger partial charge in [0.2, 0.25) is 5.91 Å². The quantitative estimate of drug-likeness (QED) is 0.921. The lowest BCUT2D eigenvalue weighted by Crippen LogP contribution is -2.44. The molecule has 1 amide bonds. The third-order valence-electron chi connectivity index (χ3n) is 4.67. The van der Waals surface area contributed by atoms with E-state index in [0.717, 1.165) is 21.9 Å². The van der Waals surface area contributed by atoms with Gasteiger partial charge in [0.1, 0.15) is 5.75 Å². The summed E-state index contributed by atoms with van der Waals surface area (Å²) in [5.74, 6) is 0.775. The van der Waals surface area contributed by atoms with Crippen LogP contribution >= 0.6 is 11.3 Å². The van der Waals surface area contributed by atoms with Crippen LogP contribution < -0.4 is 10.1 Å². The highest BCUT2D eigenvalue weighted by Gasteiger charge is 2.42. The summed E-state index contributed by atoms with van der Waals surface area (Å²) in [6, 6.07) is 7.75. The number of amides is 1. The summed E-state index contributed by atoms with van der Waals surface area (Å²) in [6.45, 7) is 5.12. The smallest absolute Gasteiger partial charge is 0.236 e. The fourth-order valence-corrected chi connectivity index (χ4v) is 3.83. The molecule has 1 N–H and O–H groups in total. The largest absolute Gasteiger partial charge is 0.497 e. The first-order valence-corrected chi connectivity index (χ1v) is 8.84. The molecule has 2 aromatic rings. The van der Waals surface area contributed by atoms with Gasteiger partial charge in [0, 0.05) is 18.1 Å². The van der Waals surface area contributed by atoms with Crippen LogP contribution in [0.3, 0.4) is 0 Å². The molecule has 128 valence electrons. The predicted octanol–water partition coefficient (Wildman–Crippen LogP) is 3.46. The molecule has 1 aliphatic heterocycles. The topological polar surface area (TPSA) is 60.5 Å². The number of anilines is 1. The van der Waals surface area contributed by atoms with E-state index in [9.17, 15) is 4.79 Å². The summed E-state index contributed by atoms with van der Waals surface area (Å²) < 4.78 is 10.7. The molecule has 1 aromatic heterocycles. The lowest BCUT2D eigenvalue weighted by atomic mass is 9.73. The van der Waals surface area contributed by atoms with Crippen molar-refractivity contribution in [2.24, 2.45) is 0 Å². The van der Waals surface area contributed by atoms with Gasteiger partial charge in [0.25, 0.3) is 0 Å². The number of carbonyl (C=O) groups is 1. The zero-order chi connectivity index (χ0) is 17.2. The molecule has 0 radical (unpaired) electrons. The van der Waals surface area contributed by atoms with Gasteiger partial charge >= 0.3 is 0 Å². The van der Waals surface area contributed by atoms with E-state index in [0.29, 0.717) is 31.2 Å². The molecule has 2 heterocycles. The first kappa shape index (κ1) is 16.9. The number of methoxy groups -OCH3 is 1. The molecule has 1 saturated heterocycles. The number of rotatable bonds is 4. The minimum absolute atomic E-state index is 0.00952. The van der Waals surface area contributed by atoms with E-state index in [4.69, 9.17) is 9.47 Å². The van der Waals surface area contributed by atoms with Crippen molar-refractivity contribution in [3.05, 3.63) is 40.4 Å². The molecule has 0 unspecified atom stereocenters. The second kappa shape index (κ2) is 6.91. The Labute approximate surface area is 146 Å². The summed E-state index contributed by atoms with van der Waals surface area (Å²) in [4.78, 5) is 18.7. The third kappa shape index (κ3) is 3.16. The number of aryl methyl sites for hydroxylation is 2. The maximum Gasteiger partial charge on any atom is 0.236 e. The lowest BCUT2D eigenvalue weighted by molar-refractivity contribution is -0.125. The standard InChI is InChI=1S/C18H22N2O3S/c1-12-13(2)24-17(19-12)20-16(21)18(8-10-23-11-9-18)14-4-6-15(22-3)7-5-14/h4-7H,8-11H2,1-3H3,(H,19,20,21). The summed E-state index contributed by atoms with van der Waals surface area (Å²) in [7, 11) is 1.64. The van der Waals surface area contributed by atoms with Crippen molar-refractivity contribution in [3.63, 3.8) is 0 Å². The monoisotopic (exact) mass is 346 g/mol. The van der Waals surface area contributed by atoms with Crippen molar-refractivity contribution in [1.29, 1.82) is 0 Å². The van der Waals surface area contributed by atoms with Gasteiger partial charge in [-0.05, 0) is 44.4 Å². The molecule has 0 aliphatic carbocycles. The van der Waals surface area contributed by atoms with Crippen molar-refractivity contribution in [2.75, 3.05) is 25.6 Å². The number of hydrogen-bond acceptors (Lipinski definition) is 5. The second-order valence-electron chi connectivity index (χ2n) is 6.04. The predicted molar refractivity (Wildman–Crippen MR) is 94.9 cm³/mol. The van der Waals surface area contributed by atoms with E-state index in [1.54, 1.807) is 7.11 Å². The molecular formula is C18H22N2O3S. The second-order valence-corrected chi connectivity index (χ2v) is 7.24. The van der Waals surface area contributed by atoms with Crippen LogP contribution in [0.5, 0.6) is 5.75 Å². The van der Waals surface area contributed by atoms with Gasteiger partial charge in [-0.3, -0.25) is 4.79 Å². The van der Waals surface area contributed by atoms with E-state index < -0.39 is 5.41 Å². The Balaban J connectivity index is 1.90. The normalized spacial score (nSPS) is 16.6. The Morgan fingerprint density at radius 2 is 1.92 bits per heavy atom. The number of carbonyl (C=O) groups excluding carboxylic acids is 1. The Morgan fingerprint density at radius 3 is 2.46 bits per heavy atom. The minimum atomic E-state index is -0.585. The van der Waals surface area contributed by atoms with Crippen LogP contribution in [0.2, 0.25) is 0 Å². The molecule has 3 rings (SSSR count). The molecule has 5 nitrogen and oxygen atoms in total. The van der Waals surface area contributed by atoms with E-state index >= 15 is 0 Å². The third-order valence-corrected chi connectivity index (χ3v) is 5.66. The van der Waals surface area contributed by atoms with Gasteiger partial charge in [-0.15, -0.1) is 11.3 Å². The molecular weight excluding hydrogens is 324 g/mol. The van der Waals surface area contributed by atoms with Crippen LogP contribution in [0.25, 0.3) is 0 Å². The summed E-state index contributed by atoms with van der Waals surface area (Å²) in [5.41, 5.74) is 1.37. The fraction of sp³-hybridized carbons (Fsp3) is 0.444. The van der Waals surface area contributed by atoms with Gasteiger partial charge in [-0.2, -0.15) is 0 Å². The van der Waals surface area contributed by atoms with Crippen molar-refractivity contribution in [2.45, 2.75) is 32.1 Å². The van der Waals surface area contributed by atoms with Crippen LogP contribution in [0.4, 0.5) is 5.13 Å². The lowest BCUT2D eigenvalue weighted by Gasteiger charge is -2.36. The van der Waals surface area contributed by atoms with E-state index in [1.807, 2.05) is 38.1 Å². The molecule has 0 bridgehead atoms. The van der Waals surface area contributed by atoms with Crippen LogP contribution in [0.1, 0.15) is 29.0 Å². The number of nitrogens with zero attached hydrogens (tertiary/aromatic N) is 1. The average molecular weight is 346 g/mol. The molecule has 1 fully saturated rings. The van der Waals surface area contributed by atoms with E-state index in [2.05, 4.69) is 10.3 Å². The molecule has 1 aromatic carbocycles. The van der Waals surface area contributed by atoms with Gasteiger partial charge in [-0.25, -0.2) is 4.98 Å². The highest BCUT2D eigenvalue weighted by molar-refractivity contribution is 7.15.